The Morgan fingerprint density at radius 2 is 1.80 bits per heavy atom. The van der Waals surface area contributed by atoms with E-state index in [0.717, 1.165) is 0 Å². The topological polar surface area (TPSA) is 76.2 Å². The number of aromatic nitrogens is 1. The van der Waals surface area contributed by atoms with Crippen LogP contribution in [0.1, 0.15) is 0 Å². The van der Waals surface area contributed by atoms with Gasteiger partial charge in [0.2, 0.25) is 0 Å². The summed E-state index contributed by atoms with van der Waals surface area (Å²) < 4.78 is 62.7. The van der Waals surface area contributed by atoms with E-state index in [2.05, 4.69) is 25.1 Å². The molecule has 0 radical (unpaired) electrons. The van der Waals surface area contributed by atoms with Crippen molar-refractivity contribution in [3.05, 3.63) is 39.1 Å². The molecule has 2 aromatic rings. The second kappa shape index (κ2) is 4.77. The number of para-hydroxylation sites is 1. The van der Waals surface area contributed by atoms with Crippen LogP contribution in [0.15, 0.2) is 33.5 Å². The quantitative estimate of drug-likeness (QED) is 0.649. The number of hydrogen-bond acceptors (Lipinski definition) is 4. The first kappa shape index (κ1) is 14.9. The first-order valence-corrected chi connectivity index (χ1v) is 7.15. The number of benzene rings is 1. The number of fused-ring (bicyclic) bond motifs is 1. The fraction of sp³-hybridized carbons (Fsp3) is 0.100. The molecule has 10 heteroatoms. The summed E-state index contributed by atoms with van der Waals surface area (Å²) >= 11 is 2.72. The van der Waals surface area contributed by atoms with Crippen molar-refractivity contribution in [1.29, 1.82) is 0 Å². The lowest BCUT2D eigenvalue weighted by Gasteiger charge is -2.12. The van der Waals surface area contributed by atoms with E-state index in [1.54, 1.807) is 0 Å². The molecule has 108 valence electrons. The van der Waals surface area contributed by atoms with Crippen LogP contribution < -0.4 is 9.74 Å². The summed E-state index contributed by atoms with van der Waals surface area (Å²) in [6.07, 6.45) is 0. The van der Waals surface area contributed by atoms with E-state index in [1.807, 2.05) is 0 Å². The molecule has 0 saturated heterocycles. The summed E-state index contributed by atoms with van der Waals surface area (Å²) in [7, 11) is -5.86. The summed E-state index contributed by atoms with van der Waals surface area (Å²) in [5.41, 5.74) is -6.25. The van der Waals surface area contributed by atoms with Gasteiger partial charge < -0.3 is 9.17 Å². The summed E-state index contributed by atoms with van der Waals surface area (Å²) in [5, 5.41) is 0.0202. The summed E-state index contributed by atoms with van der Waals surface area (Å²) in [6.45, 7) is 0. The van der Waals surface area contributed by atoms with Gasteiger partial charge in [0.05, 0.1) is 5.52 Å². The lowest BCUT2D eigenvalue weighted by Crippen LogP contribution is -2.28. The molecule has 20 heavy (non-hydrogen) atoms. The van der Waals surface area contributed by atoms with E-state index >= 15 is 0 Å². The maximum atomic E-state index is 12.3. The predicted octanol–water partition coefficient (Wildman–Crippen LogP) is 2.52. The third-order valence-electron chi connectivity index (χ3n) is 2.30. The number of alkyl halides is 3. The van der Waals surface area contributed by atoms with Gasteiger partial charge in [-0.3, -0.25) is 4.79 Å². The molecule has 0 atom stereocenters. The molecule has 5 nitrogen and oxygen atoms in total. The highest BCUT2D eigenvalue weighted by Gasteiger charge is 2.49. The standard InChI is InChI=1S/C10H5BrF3NO4S/c11-7-8(19-20(17,18)10(12,13)14)5-3-1-2-4-6(5)15-9(7)16/h1-4H,(H,15,16). The molecule has 0 unspecified atom stereocenters. The zero-order valence-electron chi connectivity index (χ0n) is 9.36. The Kier molecular flexibility index (Phi) is 3.54. The van der Waals surface area contributed by atoms with E-state index in [4.69, 9.17) is 0 Å². The van der Waals surface area contributed by atoms with Crippen molar-refractivity contribution >= 4 is 37.0 Å². The molecule has 0 fully saturated rings. The van der Waals surface area contributed by atoms with E-state index in [-0.39, 0.29) is 10.9 Å². The van der Waals surface area contributed by atoms with Crippen LogP contribution in [0.4, 0.5) is 13.2 Å². The number of hydrogen-bond donors (Lipinski definition) is 1. The van der Waals surface area contributed by atoms with Crippen LogP contribution in [0.5, 0.6) is 5.75 Å². The van der Waals surface area contributed by atoms with Crippen molar-refractivity contribution in [3.8, 4) is 5.75 Å². The van der Waals surface area contributed by atoms with E-state index < -0.39 is 31.4 Å². The van der Waals surface area contributed by atoms with E-state index in [9.17, 15) is 26.4 Å². The fourth-order valence-electron chi connectivity index (χ4n) is 1.43. The number of nitrogens with one attached hydrogen (secondary N) is 1. The first-order valence-electron chi connectivity index (χ1n) is 4.95. The molecule has 1 aromatic heterocycles. The molecule has 0 bridgehead atoms. The smallest absolute Gasteiger partial charge is 0.374 e. The normalized spacial score (nSPS) is 12.6. The summed E-state index contributed by atoms with van der Waals surface area (Å²) in [5.74, 6) is -0.707. The minimum atomic E-state index is -5.86. The molecule has 1 aromatic carbocycles. The highest BCUT2D eigenvalue weighted by atomic mass is 79.9. The van der Waals surface area contributed by atoms with Gasteiger partial charge in [-0.15, -0.1) is 0 Å². The lowest BCUT2D eigenvalue weighted by atomic mass is 10.2. The molecule has 1 N–H and O–H groups in total. The average molecular weight is 372 g/mol. The van der Waals surface area contributed by atoms with Gasteiger partial charge in [-0.1, -0.05) is 12.1 Å². The van der Waals surface area contributed by atoms with Gasteiger partial charge in [0.25, 0.3) is 5.56 Å². The number of aromatic amines is 1. The molecule has 0 aliphatic heterocycles. The third kappa shape index (κ3) is 2.52. The van der Waals surface area contributed by atoms with Crippen LogP contribution in [-0.2, 0) is 10.1 Å². The van der Waals surface area contributed by atoms with Gasteiger partial charge in [-0.2, -0.15) is 21.6 Å². The maximum absolute atomic E-state index is 12.3. The molecule has 2 rings (SSSR count). The molecule has 1 heterocycles. The van der Waals surface area contributed by atoms with Crippen LogP contribution in [0.25, 0.3) is 10.9 Å². The number of rotatable bonds is 2. The Balaban J connectivity index is 2.72. The SMILES string of the molecule is O=c1[nH]c2ccccc2c(OS(=O)(=O)C(F)(F)F)c1Br. The van der Waals surface area contributed by atoms with Gasteiger partial charge in [-0.05, 0) is 28.1 Å². The van der Waals surface area contributed by atoms with Crippen molar-refractivity contribution in [1.82, 2.24) is 4.98 Å². The van der Waals surface area contributed by atoms with E-state index in [0.29, 0.717) is 0 Å². The number of pyridine rings is 1. The van der Waals surface area contributed by atoms with Crippen LogP contribution >= 0.6 is 15.9 Å². The molecular formula is C10H5BrF3NO4S. The summed E-state index contributed by atoms with van der Waals surface area (Å²) in [6, 6.07) is 5.70. The Labute approximate surface area is 118 Å². The monoisotopic (exact) mass is 371 g/mol. The Hall–Kier alpha value is -1.55. The molecule has 0 aliphatic rings. The number of H-pyrrole nitrogens is 1. The van der Waals surface area contributed by atoms with Crippen molar-refractivity contribution in [2.75, 3.05) is 0 Å². The van der Waals surface area contributed by atoms with Gasteiger partial charge in [0, 0.05) is 5.39 Å². The highest BCUT2D eigenvalue weighted by molar-refractivity contribution is 9.10. The van der Waals surface area contributed by atoms with Gasteiger partial charge in [-0.25, -0.2) is 0 Å². The minimum Gasteiger partial charge on any atom is -0.374 e. The molecule has 0 aliphatic carbocycles. The van der Waals surface area contributed by atoms with Gasteiger partial charge in [0.1, 0.15) is 4.47 Å². The lowest BCUT2D eigenvalue weighted by molar-refractivity contribution is -0.0499. The van der Waals surface area contributed by atoms with Crippen LogP contribution in [0.3, 0.4) is 0 Å². The Bertz CT molecular complexity index is 828. The molecule has 0 spiro atoms. The number of halogens is 4. The van der Waals surface area contributed by atoms with Crippen LogP contribution in [-0.4, -0.2) is 18.9 Å². The Morgan fingerprint density at radius 1 is 1.20 bits per heavy atom. The fourth-order valence-corrected chi connectivity index (χ4v) is 2.41. The first-order chi connectivity index (χ1) is 9.13. The largest absolute Gasteiger partial charge is 0.534 e. The second-order valence-electron chi connectivity index (χ2n) is 3.63. The van der Waals surface area contributed by atoms with Gasteiger partial charge in [0.15, 0.2) is 5.75 Å². The predicted molar refractivity (Wildman–Crippen MR) is 67.9 cm³/mol. The third-order valence-corrected chi connectivity index (χ3v) is 3.97. The van der Waals surface area contributed by atoms with Crippen LogP contribution in [0.2, 0.25) is 0 Å². The van der Waals surface area contributed by atoms with Crippen molar-refractivity contribution < 1.29 is 25.8 Å². The Morgan fingerprint density at radius 3 is 2.40 bits per heavy atom. The zero-order valence-corrected chi connectivity index (χ0v) is 11.8. The highest BCUT2D eigenvalue weighted by Crippen LogP contribution is 2.34. The van der Waals surface area contributed by atoms with Gasteiger partial charge >= 0.3 is 15.6 Å². The molecular weight excluding hydrogens is 367 g/mol. The maximum Gasteiger partial charge on any atom is 0.534 e. The molecule has 0 saturated carbocycles. The van der Waals surface area contributed by atoms with Crippen molar-refractivity contribution in [2.24, 2.45) is 0 Å². The van der Waals surface area contributed by atoms with Crippen molar-refractivity contribution in [2.45, 2.75) is 5.51 Å². The second-order valence-corrected chi connectivity index (χ2v) is 5.96. The zero-order chi connectivity index (χ0) is 15.1. The van der Waals surface area contributed by atoms with E-state index in [1.165, 1.54) is 24.3 Å². The van der Waals surface area contributed by atoms with Crippen LogP contribution in [0, 0.1) is 0 Å². The average Bonchev–Trinajstić information content (AvgIpc) is 2.33. The van der Waals surface area contributed by atoms with Crippen molar-refractivity contribution in [3.63, 3.8) is 0 Å². The minimum absolute atomic E-state index is 0.0202. The molecule has 0 amide bonds. The summed E-state index contributed by atoms with van der Waals surface area (Å²) in [4.78, 5) is 13.9.